The summed E-state index contributed by atoms with van der Waals surface area (Å²) in [6.07, 6.45) is 4.36. The summed E-state index contributed by atoms with van der Waals surface area (Å²) in [5, 5.41) is 0. The zero-order chi connectivity index (χ0) is 19.3. The van der Waals surface area contributed by atoms with E-state index in [1.807, 2.05) is 6.07 Å². The van der Waals surface area contributed by atoms with Crippen LogP contribution in [0.4, 0.5) is 0 Å². The molecule has 0 amide bonds. The number of carbonyl (C=O) groups is 3. The van der Waals surface area contributed by atoms with Crippen LogP contribution < -0.4 is 4.74 Å². The van der Waals surface area contributed by atoms with Crippen molar-refractivity contribution in [3.8, 4) is 5.75 Å². The standard InChI is InChI=1S/C22H26O5/c1-12(23)26-14-4-5-15-16-8-9-22(3)19(6-7-21(22)27-13(2)24)17(16)11-20(25)18(15)10-14/h4-5,10,16-17,19,21H,6-9,11H2,1-3H3/t16-,17-,19-,21-,22+/m1/s1. The molecule has 4 rings (SSSR count). The van der Waals surface area contributed by atoms with Gasteiger partial charge in [0.1, 0.15) is 11.9 Å². The molecule has 144 valence electrons. The number of hydrogen-bond donors (Lipinski definition) is 0. The van der Waals surface area contributed by atoms with Gasteiger partial charge in [-0.25, -0.2) is 0 Å². The average molecular weight is 370 g/mol. The Labute approximate surface area is 159 Å². The van der Waals surface area contributed by atoms with Gasteiger partial charge in [-0.2, -0.15) is 0 Å². The highest BCUT2D eigenvalue weighted by molar-refractivity contribution is 5.99. The van der Waals surface area contributed by atoms with Gasteiger partial charge in [0.25, 0.3) is 0 Å². The molecule has 0 aliphatic heterocycles. The topological polar surface area (TPSA) is 69.7 Å². The molecule has 2 fully saturated rings. The van der Waals surface area contributed by atoms with Gasteiger partial charge in [-0.1, -0.05) is 13.0 Å². The Morgan fingerprint density at radius 1 is 1.11 bits per heavy atom. The van der Waals surface area contributed by atoms with E-state index in [2.05, 4.69) is 6.92 Å². The van der Waals surface area contributed by atoms with Crippen molar-refractivity contribution in [3.63, 3.8) is 0 Å². The second kappa shape index (κ2) is 6.47. The molecule has 2 saturated carbocycles. The molecule has 0 aromatic heterocycles. The predicted octanol–water partition coefficient (Wildman–Crippen LogP) is 4.04. The SMILES string of the molecule is CC(=O)Oc1ccc2c(c1)C(=O)C[C@@H]1[C@@H]2CC[C@@]2(C)[C@@H]1CC[C@H]2OC(C)=O. The van der Waals surface area contributed by atoms with Gasteiger partial charge >= 0.3 is 11.9 Å². The number of ether oxygens (including phenoxy) is 2. The number of ketones is 1. The third-order valence-corrected chi connectivity index (χ3v) is 7.07. The van der Waals surface area contributed by atoms with Crippen LogP contribution in [0.15, 0.2) is 18.2 Å². The molecule has 5 atom stereocenters. The lowest BCUT2D eigenvalue weighted by atomic mass is 9.55. The lowest BCUT2D eigenvalue weighted by molar-refractivity contribution is -0.154. The molecule has 3 aliphatic rings. The molecule has 0 spiro atoms. The van der Waals surface area contributed by atoms with Gasteiger partial charge in [0.15, 0.2) is 5.78 Å². The van der Waals surface area contributed by atoms with Gasteiger partial charge in [-0.15, -0.1) is 0 Å². The highest BCUT2D eigenvalue weighted by atomic mass is 16.5. The average Bonchev–Trinajstić information content (AvgIpc) is 2.91. The van der Waals surface area contributed by atoms with Crippen molar-refractivity contribution in [2.24, 2.45) is 17.3 Å². The maximum absolute atomic E-state index is 12.9. The minimum Gasteiger partial charge on any atom is -0.462 e. The third-order valence-electron chi connectivity index (χ3n) is 7.07. The van der Waals surface area contributed by atoms with Crippen molar-refractivity contribution in [2.45, 2.75) is 64.9 Å². The van der Waals surface area contributed by atoms with Crippen LogP contribution in [-0.2, 0) is 14.3 Å². The number of fused-ring (bicyclic) bond motifs is 5. The summed E-state index contributed by atoms with van der Waals surface area (Å²) < 4.78 is 10.8. The number of carbonyl (C=O) groups excluding carboxylic acids is 3. The van der Waals surface area contributed by atoms with Crippen LogP contribution in [-0.4, -0.2) is 23.8 Å². The number of hydrogen-bond acceptors (Lipinski definition) is 5. The minimum atomic E-state index is -0.382. The maximum atomic E-state index is 12.9. The summed E-state index contributed by atoms with van der Waals surface area (Å²) in [7, 11) is 0. The normalized spacial score (nSPS) is 34.3. The van der Waals surface area contributed by atoms with Crippen molar-refractivity contribution in [1.29, 1.82) is 0 Å². The molecule has 0 bridgehead atoms. The summed E-state index contributed by atoms with van der Waals surface area (Å²) >= 11 is 0. The van der Waals surface area contributed by atoms with Gasteiger partial charge in [0, 0.05) is 31.2 Å². The van der Waals surface area contributed by atoms with Crippen LogP contribution in [0, 0.1) is 17.3 Å². The molecule has 0 radical (unpaired) electrons. The van der Waals surface area contributed by atoms with Crippen molar-refractivity contribution in [3.05, 3.63) is 29.3 Å². The molecular weight excluding hydrogens is 344 g/mol. The summed E-state index contributed by atoms with van der Waals surface area (Å²) in [6.45, 7) is 5.07. The fourth-order valence-electron chi connectivity index (χ4n) is 5.96. The molecule has 5 heteroatoms. The lowest BCUT2D eigenvalue weighted by Gasteiger charge is -2.50. The Hall–Kier alpha value is -2.17. The smallest absolute Gasteiger partial charge is 0.308 e. The first-order valence-electron chi connectivity index (χ1n) is 9.82. The van der Waals surface area contributed by atoms with E-state index in [1.54, 1.807) is 12.1 Å². The highest BCUT2D eigenvalue weighted by Gasteiger charge is 2.57. The molecule has 0 unspecified atom stereocenters. The number of benzene rings is 1. The van der Waals surface area contributed by atoms with Crippen LogP contribution in [0.2, 0.25) is 0 Å². The lowest BCUT2D eigenvalue weighted by Crippen LogP contribution is -2.45. The molecule has 1 aromatic carbocycles. The van der Waals surface area contributed by atoms with E-state index in [0.717, 1.165) is 31.2 Å². The Morgan fingerprint density at radius 2 is 1.89 bits per heavy atom. The second-order valence-corrected chi connectivity index (χ2v) is 8.57. The van der Waals surface area contributed by atoms with Crippen molar-refractivity contribution >= 4 is 17.7 Å². The van der Waals surface area contributed by atoms with Crippen LogP contribution in [0.25, 0.3) is 0 Å². The zero-order valence-electron chi connectivity index (χ0n) is 16.1. The van der Waals surface area contributed by atoms with Gasteiger partial charge in [-0.3, -0.25) is 14.4 Å². The molecule has 1 aromatic rings. The van der Waals surface area contributed by atoms with E-state index in [4.69, 9.17) is 9.47 Å². The van der Waals surface area contributed by atoms with Crippen molar-refractivity contribution < 1.29 is 23.9 Å². The first kappa shape index (κ1) is 18.2. The third kappa shape index (κ3) is 2.97. The monoisotopic (exact) mass is 370 g/mol. The zero-order valence-corrected chi connectivity index (χ0v) is 16.1. The Morgan fingerprint density at radius 3 is 2.59 bits per heavy atom. The molecule has 27 heavy (non-hydrogen) atoms. The largest absolute Gasteiger partial charge is 0.462 e. The van der Waals surface area contributed by atoms with Crippen LogP contribution >= 0.6 is 0 Å². The van der Waals surface area contributed by atoms with E-state index >= 15 is 0 Å². The second-order valence-electron chi connectivity index (χ2n) is 8.57. The first-order valence-corrected chi connectivity index (χ1v) is 9.82. The molecule has 0 N–H and O–H groups in total. The quantitative estimate of drug-likeness (QED) is 0.580. The molecule has 5 nitrogen and oxygen atoms in total. The maximum Gasteiger partial charge on any atom is 0.308 e. The number of Topliss-reactive ketones (excluding diaryl/α,β-unsaturated/α-hetero) is 1. The fourth-order valence-corrected chi connectivity index (χ4v) is 5.96. The minimum absolute atomic E-state index is 0.0382. The summed E-state index contributed by atoms with van der Waals surface area (Å²) in [4.78, 5) is 35.6. The van der Waals surface area contributed by atoms with Crippen LogP contribution in [0.1, 0.15) is 74.7 Å². The molecule has 0 heterocycles. The fraction of sp³-hybridized carbons (Fsp3) is 0.591. The van der Waals surface area contributed by atoms with Gasteiger partial charge < -0.3 is 9.47 Å². The summed E-state index contributed by atoms with van der Waals surface area (Å²) in [5.41, 5.74) is 1.75. The van der Waals surface area contributed by atoms with Crippen LogP contribution in [0.5, 0.6) is 5.75 Å². The Bertz CT molecular complexity index is 813. The van der Waals surface area contributed by atoms with Crippen LogP contribution in [0.3, 0.4) is 0 Å². The molecule has 3 aliphatic carbocycles. The van der Waals surface area contributed by atoms with Gasteiger partial charge in [0.05, 0.1) is 0 Å². The number of rotatable bonds is 2. The first-order chi connectivity index (χ1) is 12.8. The number of esters is 2. The van der Waals surface area contributed by atoms with E-state index in [9.17, 15) is 14.4 Å². The van der Waals surface area contributed by atoms with Gasteiger partial charge in [0.2, 0.25) is 0 Å². The van der Waals surface area contributed by atoms with Gasteiger partial charge in [-0.05, 0) is 61.1 Å². The van der Waals surface area contributed by atoms with Crippen molar-refractivity contribution in [2.75, 3.05) is 0 Å². The van der Waals surface area contributed by atoms with E-state index in [1.165, 1.54) is 13.8 Å². The summed E-state index contributed by atoms with van der Waals surface area (Å²) in [6, 6.07) is 5.48. The van der Waals surface area contributed by atoms with E-state index in [-0.39, 0.29) is 29.2 Å². The van der Waals surface area contributed by atoms with E-state index < -0.39 is 0 Å². The predicted molar refractivity (Wildman–Crippen MR) is 98.5 cm³/mol. The van der Waals surface area contributed by atoms with Crippen molar-refractivity contribution in [1.82, 2.24) is 0 Å². The Balaban J connectivity index is 1.64. The summed E-state index contributed by atoms with van der Waals surface area (Å²) in [5.74, 6) is 0.997. The van der Waals surface area contributed by atoms with E-state index in [0.29, 0.717) is 35.5 Å². The molecule has 0 saturated heterocycles. The highest BCUT2D eigenvalue weighted by Crippen LogP contribution is 2.61. The molecular formula is C22H26O5. The Kier molecular flexibility index (Phi) is 4.36.